The summed E-state index contributed by atoms with van der Waals surface area (Å²) in [5.74, 6) is -14.9. The van der Waals surface area contributed by atoms with E-state index in [1.807, 2.05) is 32.9 Å². The molecule has 144 heavy (non-hydrogen) atoms. The number of hydrogen-bond acceptors (Lipinski definition) is 28. The van der Waals surface area contributed by atoms with Gasteiger partial charge < -0.3 is 144 Å². The number of hydrogen-bond donors (Lipinski definition) is 22. The van der Waals surface area contributed by atoms with Gasteiger partial charge in [-0.3, -0.25) is 38.4 Å². The number of nitrogens with zero attached hydrogens (tertiary/aromatic N) is 2. The van der Waals surface area contributed by atoms with Crippen LogP contribution in [0.15, 0.2) is 103 Å². The molecule has 25 N–H and O–H groups in total. The van der Waals surface area contributed by atoms with Crippen LogP contribution in [0.2, 0.25) is 10.0 Å². The molecule has 8 aromatic rings. The molecule has 768 valence electrons. The number of benzene rings is 5. The van der Waals surface area contributed by atoms with Crippen LogP contribution in [0.1, 0.15) is 229 Å². The number of ether oxygens (including phenoxy) is 6. The van der Waals surface area contributed by atoms with E-state index < -0.39 is 226 Å². The average molecular weight is 2020 g/mol. The number of aromatic nitrogens is 4. The van der Waals surface area contributed by atoms with Crippen molar-refractivity contribution in [2.24, 2.45) is 23.1 Å². The second kappa shape index (κ2) is 44.5. The third-order valence-electron chi connectivity index (χ3n) is 27.7. The van der Waals surface area contributed by atoms with E-state index in [9.17, 15) is 55.5 Å². The number of carbonyl (C=O) groups excluding carboxylic acids is 8. The second-order valence-electron chi connectivity index (χ2n) is 38.5. The van der Waals surface area contributed by atoms with Crippen molar-refractivity contribution in [1.29, 1.82) is 0 Å². The molecule has 9 aliphatic heterocycles. The van der Waals surface area contributed by atoms with Gasteiger partial charge in [0.2, 0.25) is 59.3 Å². The number of nitrogens with one attached hydrogen (secondary N) is 10. The average Bonchev–Trinajstić information content (AvgIpc) is 0.823. The van der Waals surface area contributed by atoms with Gasteiger partial charge in [0.05, 0.1) is 64.1 Å². The van der Waals surface area contributed by atoms with Gasteiger partial charge in [0, 0.05) is 57.8 Å². The number of fused-ring (bicyclic) bond motifs is 23. The number of aliphatic hydroxyl groups is 6. The van der Waals surface area contributed by atoms with Crippen molar-refractivity contribution in [1.82, 2.24) is 62.5 Å². The van der Waals surface area contributed by atoms with Gasteiger partial charge in [-0.2, -0.15) is 0 Å². The summed E-state index contributed by atoms with van der Waals surface area (Å²) in [7, 11) is 1.49. The molecule has 0 spiro atoms. The third kappa shape index (κ3) is 22.4. The van der Waals surface area contributed by atoms with Crippen LogP contribution in [-0.4, -0.2) is 219 Å². The summed E-state index contributed by atoms with van der Waals surface area (Å²) in [6.45, 7) is 18.4. The normalized spacial score (nSPS) is 24.8. The number of carbonyl (C=O) groups is 8. The molecule has 19 bridgehead atoms. The fraction of sp³-hybridized carbons (Fsp3) is 0.442. The number of phenols is 3. The summed E-state index contributed by atoms with van der Waals surface area (Å²) < 4.78 is 39.1. The molecule has 0 saturated carbocycles. The number of halogens is 2. The summed E-state index contributed by atoms with van der Waals surface area (Å²) in [6.07, 6.45) is -10.8. The minimum absolute atomic E-state index is 0.0753. The van der Waals surface area contributed by atoms with Crippen molar-refractivity contribution in [2.75, 3.05) is 26.7 Å². The third-order valence-corrected chi connectivity index (χ3v) is 28.3. The Hall–Kier alpha value is -12.6. The smallest absolute Gasteiger partial charge is 0.248 e. The predicted molar refractivity (Wildman–Crippen MR) is 535 cm³/mol. The van der Waals surface area contributed by atoms with Gasteiger partial charge in [-0.25, -0.2) is 9.97 Å². The van der Waals surface area contributed by atoms with Crippen LogP contribution in [-0.2, 0) is 65.4 Å². The minimum Gasteiger partial charge on any atom is -0.508 e. The molecule has 9 aliphatic rings. The van der Waals surface area contributed by atoms with Crippen LogP contribution in [0.4, 0.5) is 0 Å². The van der Waals surface area contributed by atoms with Crippen molar-refractivity contribution < 1.29 is 113 Å². The van der Waals surface area contributed by atoms with E-state index in [2.05, 4.69) is 99.3 Å². The number of aryl methyl sites for hydroxylation is 4. The van der Waals surface area contributed by atoms with E-state index in [0.29, 0.717) is 29.9 Å². The quantitative estimate of drug-likeness (QED) is 0.0225. The van der Waals surface area contributed by atoms with E-state index in [1.165, 1.54) is 45.2 Å². The van der Waals surface area contributed by atoms with Crippen LogP contribution < -0.4 is 73.9 Å². The number of nitrogens with two attached hydrogens (primary N) is 3. The molecular weight excluding hydrogens is 1900 g/mol. The monoisotopic (exact) mass is 2020 g/mol. The van der Waals surface area contributed by atoms with E-state index in [4.69, 9.17) is 78.8 Å². The van der Waals surface area contributed by atoms with E-state index in [-0.39, 0.29) is 70.5 Å². The molecule has 40 heteroatoms. The minimum atomic E-state index is -2.38. The highest BCUT2D eigenvalue weighted by atomic mass is 35.5. The van der Waals surface area contributed by atoms with Crippen LogP contribution in [0.5, 0.6) is 46.0 Å². The molecule has 0 unspecified atom stereocenters. The number of aromatic hydroxyl groups is 3. The number of unbranched alkanes of at least 4 members (excludes halogenated alkanes) is 4. The topological polar surface area (TPSA) is 606 Å². The number of aliphatic hydroxyl groups excluding tert-OH is 6. The first-order chi connectivity index (χ1) is 68.6. The fourth-order valence-electron chi connectivity index (χ4n) is 19.7. The number of likely N-dealkylation sites (N-methyl/N-ethyl adjacent to an activating group) is 1. The van der Waals surface area contributed by atoms with Gasteiger partial charge in [0.1, 0.15) is 95.5 Å². The standard InChI is InChI=1S/C104H125Cl2N15O23/c1-12-14-16-18-56-46(5)64-40-70-58(26-28-107)48(7)66(114-70)38-68-57(19-17-15-13-2)47(6)65(113-68)41-71-59(49(8)67(115-71)39-69(56)112-64)27-29-111-98(134)86-61-36-55(123)37-75(125)83(61)60-31-51(20-23-74(60)124)84-99(135)121-88(102(138)119-86)90(128)53-22-25-77(63(106)33-53)141-79-35-54-34-78(93(79)144-103-94(92(130)91(129)80(44-122)142-103)143-82-43-104(10,109)95(131)50(9)139-82)140-76-24-21-52(32-62(76)105)89(127)87(120-96(132)72(110-11)30-45(3)4)101(137)116-73(42-81(108)126)97(133)117-85(54)100(136)118-84/h20-25,31-41,45,50,72-73,80,82,84-92,94-95,103,110,112-113,122-125,127-131H,12-19,26-30,42-44,107,109H2,1-11H3,(H2,108,126)(H,111,134)(H,116,137)(H,117,133)(H,118,136)(H,119,138)(H,120,132)(H,121,135)/t50-,72+,73-,80+,82-,84+,85+,86-,87+,88-,89+,90+,91+,92-,94+,95+,103-,104-/m0/s1. The number of phenolic OH excluding ortho intramolecular Hbond substituents is 3. The number of allylic oxidation sites excluding steroid dienone is 2. The maximum Gasteiger partial charge on any atom is 0.248 e. The fourth-order valence-corrected chi connectivity index (χ4v) is 20.1. The molecule has 2 fully saturated rings. The van der Waals surface area contributed by atoms with Crippen molar-refractivity contribution in [2.45, 2.75) is 262 Å². The van der Waals surface area contributed by atoms with Crippen LogP contribution in [0, 0.1) is 19.8 Å². The molecule has 8 amide bonds. The highest BCUT2D eigenvalue weighted by Gasteiger charge is 2.52. The maximum absolute atomic E-state index is 16.6. The molecule has 12 heterocycles. The lowest BCUT2D eigenvalue weighted by molar-refractivity contribution is -0.333. The number of primary amides is 1. The lowest BCUT2D eigenvalue weighted by Crippen LogP contribution is -2.64. The Balaban J connectivity index is 0.875. The predicted octanol–water partition coefficient (Wildman–Crippen LogP) is 9.15. The van der Waals surface area contributed by atoms with Crippen molar-refractivity contribution in [3.05, 3.63) is 186 Å². The summed E-state index contributed by atoms with van der Waals surface area (Å²) in [6, 6.07) is 8.49. The molecule has 5 aromatic carbocycles. The van der Waals surface area contributed by atoms with E-state index >= 15 is 28.8 Å². The van der Waals surface area contributed by atoms with E-state index in [0.717, 1.165) is 178 Å². The van der Waals surface area contributed by atoms with Gasteiger partial charge in [0.25, 0.3) is 0 Å². The zero-order chi connectivity index (χ0) is 104. The molecule has 38 nitrogen and oxygen atoms in total. The first-order valence-corrected chi connectivity index (χ1v) is 49.2. The van der Waals surface area contributed by atoms with Crippen molar-refractivity contribution in [3.63, 3.8) is 0 Å². The Morgan fingerprint density at radius 3 is 1.74 bits per heavy atom. The first-order valence-electron chi connectivity index (χ1n) is 48.4. The molecule has 3 aromatic heterocycles. The summed E-state index contributed by atoms with van der Waals surface area (Å²) in [5, 5.41) is 128. The summed E-state index contributed by atoms with van der Waals surface area (Å²) in [4.78, 5) is 142. The van der Waals surface area contributed by atoms with Crippen molar-refractivity contribution >= 4 is 115 Å². The number of amides is 8. The molecule has 0 aliphatic carbocycles. The number of aromatic amines is 2. The van der Waals surface area contributed by atoms with Gasteiger partial charge in [-0.15, -0.1) is 0 Å². The Bertz CT molecular complexity index is 6560. The van der Waals surface area contributed by atoms with Crippen LogP contribution in [0.3, 0.4) is 0 Å². The Morgan fingerprint density at radius 1 is 0.618 bits per heavy atom. The highest BCUT2D eigenvalue weighted by molar-refractivity contribution is 6.32. The summed E-state index contributed by atoms with van der Waals surface area (Å²) >= 11 is 14.6. The first kappa shape index (κ1) is 106. The number of rotatable bonds is 26. The Labute approximate surface area is 840 Å². The van der Waals surface area contributed by atoms with Gasteiger partial charge in [0.15, 0.2) is 23.9 Å². The largest absolute Gasteiger partial charge is 0.508 e. The molecule has 18 atom stereocenters. The SMILES string of the molecule is CCCCCc1c(C)c2cc3nc(cc4[nH]c(cc5nc(cc1[nH]2)C(C)=C5CCN)c(C)c4CCCCC)C(C)=C3CCNC(=O)[C@H]1NC(=O)[C@H]2NC(=O)[C@H](NC(=O)[C@@H]3NC(=O)[C@H](CC(N)=O)NC(=O)[C@H](NC(=O)[C@@H](CC(C)C)NC)[C@H](O)c4ccc(c(Cl)c4)Oc4cc3cc(c4O[C@@H]3O[C@H](CO)[C@@H](O)[C@H](O)[C@H]3O[C@H]3C[C@](C)(N)[C@H](O)[C@H](C)O3)Oc3ccc(cc3Cl)[C@H]2O)c2ccc(O)c(c2)-c2c(O)cc(O)cc21. The molecule has 2 saturated heterocycles. The zero-order valence-electron chi connectivity index (χ0n) is 81.6. The Morgan fingerprint density at radius 2 is 1.18 bits per heavy atom. The highest BCUT2D eigenvalue weighted by Crippen LogP contribution is 2.51. The molecule has 0 radical (unpaired) electrons. The maximum atomic E-state index is 16.6. The molecular formula is C104H125Cl2N15O23. The lowest BCUT2D eigenvalue weighted by atomic mass is 9.86. The summed E-state index contributed by atoms with van der Waals surface area (Å²) in [5.41, 5.74) is 28.9. The van der Waals surface area contributed by atoms with Crippen LogP contribution >= 0.6 is 23.2 Å². The van der Waals surface area contributed by atoms with Gasteiger partial charge in [-0.05, 0) is 257 Å². The second-order valence-corrected chi connectivity index (χ2v) is 39.3. The van der Waals surface area contributed by atoms with Gasteiger partial charge in [-0.1, -0.05) is 94.8 Å². The zero-order valence-corrected chi connectivity index (χ0v) is 83.2. The van der Waals surface area contributed by atoms with Crippen molar-refractivity contribution in [3.8, 4) is 57.1 Å². The van der Waals surface area contributed by atoms with Gasteiger partial charge >= 0.3 is 0 Å². The number of H-pyrrole nitrogens is 2. The van der Waals surface area contributed by atoms with E-state index in [1.54, 1.807) is 0 Å². The lowest BCUT2D eigenvalue weighted by Gasteiger charge is -2.47. The molecule has 17 rings (SSSR count). The van der Waals surface area contributed by atoms with Crippen LogP contribution in [0.25, 0.3) is 55.5 Å². The Kier molecular flexibility index (Phi) is 32.7.